The first-order valence-corrected chi connectivity index (χ1v) is 12.6. The van der Waals surface area contributed by atoms with E-state index in [1.165, 1.54) is 12.5 Å². The summed E-state index contributed by atoms with van der Waals surface area (Å²) in [6.45, 7) is 7.73. The van der Waals surface area contributed by atoms with Gasteiger partial charge < -0.3 is 37.5 Å². The fourth-order valence-electron chi connectivity index (χ4n) is 3.63. The molecule has 0 aliphatic heterocycles. The first kappa shape index (κ1) is 31.0. The van der Waals surface area contributed by atoms with E-state index in [1.807, 2.05) is 13.8 Å². The maximum absolute atomic E-state index is 13.3. The molecule has 9 N–H and O–H groups in total. The number of nitrogens with zero attached hydrogens (tertiary/aromatic N) is 1. The summed E-state index contributed by atoms with van der Waals surface area (Å²) in [6.07, 6.45) is 6.05. The minimum absolute atomic E-state index is 0.104. The van der Waals surface area contributed by atoms with E-state index >= 15 is 0 Å². The fourth-order valence-corrected chi connectivity index (χ4v) is 3.63. The van der Waals surface area contributed by atoms with E-state index in [4.69, 9.17) is 11.5 Å². The number of aromatic amines is 1. The van der Waals surface area contributed by atoms with Crippen LogP contribution >= 0.6 is 0 Å². The molecule has 0 saturated carbocycles. The average Bonchev–Trinajstić information content (AvgIpc) is 3.37. The highest BCUT2D eigenvalue weighted by molar-refractivity contribution is 5.94. The Morgan fingerprint density at radius 3 is 2.11 bits per heavy atom. The van der Waals surface area contributed by atoms with Crippen LogP contribution in [-0.4, -0.2) is 69.5 Å². The molecule has 12 nitrogen and oxygen atoms in total. The molecule has 3 amide bonds. The van der Waals surface area contributed by atoms with Gasteiger partial charge in [-0.2, -0.15) is 0 Å². The van der Waals surface area contributed by atoms with Crippen LogP contribution in [0, 0.1) is 11.8 Å². The summed E-state index contributed by atoms with van der Waals surface area (Å²) in [5.41, 5.74) is 12.1. The SMILES string of the molecule is CCC(C)C(NC(=O)C(NC(=O)C(Cc1cnc[nH]1)NC(=O)C(N)CCCCN)C(C)CC)C(=O)O. The van der Waals surface area contributed by atoms with Gasteiger partial charge in [0.05, 0.1) is 12.4 Å². The number of imidazole rings is 1. The van der Waals surface area contributed by atoms with Crippen molar-refractivity contribution in [3.63, 3.8) is 0 Å². The Bertz CT molecular complexity index is 833. The summed E-state index contributed by atoms with van der Waals surface area (Å²) >= 11 is 0. The van der Waals surface area contributed by atoms with Gasteiger partial charge in [-0.1, -0.05) is 47.0 Å². The quantitative estimate of drug-likeness (QED) is 0.142. The number of hydrogen-bond donors (Lipinski definition) is 7. The molecule has 0 aliphatic rings. The molecule has 0 spiro atoms. The minimum Gasteiger partial charge on any atom is -0.480 e. The summed E-state index contributed by atoms with van der Waals surface area (Å²) in [5.74, 6) is -3.38. The van der Waals surface area contributed by atoms with E-state index < -0.39 is 47.9 Å². The second-order valence-electron chi connectivity index (χ2n) is 9.31. The number of aromatic nitrogens is 2. The smallest absolute Gasteiger partial charge is 0.326 e. The second-order valence-corrected chi connectivity index (χ2v) is 9.31. The molecule has 204 valence electrons. The van der Waals surface area contributed by atoms with Crippen molar-refractivity contribution in [1.82, 2.24) is 25.9 Å². The predicted molar refractivity (Wildman–Crippen MR) is 136 cm³/mol. The number of carboxylic acid groups (broad SMARTS) is 1. The molecular formula is C24H43N7O5. The van der Waals surface area contributed by atoms with Crippen LogP contribution in [0.4, 0.5) is 0 Å². The minimum atomic E-state index is -1.14. The highest BCUT2D eigenvalue weighted by atomic mass is 16.4. The Morgan fingerprint density at radius 2 is 1.58 bits per heavy atom. The van der Waals surface area contributed by atoms with Crippen LogP contribution in [0.15, 0.2) is 12.5 Å². The number of rotatable bonds is 17. The van der Waals surface area contributed by atoms with Gasteiger partial charge in [0.25, 0.3) is 0 Å². The van der Waals surface area contributed by atoms with E-state index in [2.05, 4.69) is 25.9 Å². The normalized spacial score (nSPS) is 16.2. The summed E-state index contributed by atoms with van der Waals surface area (Å²) in [4.78, 5) is 57.7. The lowest BCUT2D eigenvalue weighted by Crippen LogP contribution is -2.59. The maximum Gasteiger partial charge on any atom is 0.326 e. The third-order valence-corrected chi connectivity index (χ3v) is 6.49. The number of aliphatic carboxylic acids is 1. The van der Waals surface area contributed by atoms with E-state index in [1.54, 1.807) is 13.8 Å². The third kappa shape index (κ3) is 9.94. The standard InChI is InChI=1S/C24H43N7O5/c1-5-14(3)19(23(34)31-20(24(35)36)15(4)6-2)30-22(33)18(11-16-12-27-13-28-16)29-21(32)17(26)9-7-8-10-25/h12-15,17-20H,5-11,25-26H2,1-4H3,(H,27,28)(H,29,32)(H,30,33)(H,31,34)(H,35,36). The van der Waals surface area contributed by atoms with Crippen LogP contribution < -0.4 is 27.4 Å². The number of nitrogens with one attached hydrogen (secondary N) is 4. The molecule has 0 aliphatic carbocycles. The van der Waals surface area contributed by atoms with Crippen molar-refractivity contribution in [3.05, 3.63) is 18.2 Å². The molecule has 0 radical (unpaired) electrons. The number of H-pyrrole nitrogens is 1. The second kappa shape index (κ2) is 15.9. The van der Waals surface area contributed by atoms with E-state index in [-0.39, 0.29) is 18.3 Å². The van der Waals surface area contributed by atoms with Crippen molar-refractivity contribution in [1.29, 1.82) is 0 Å². The molecule has 6 atom stereocenters. The zero-order valence-electron chi connectivity index (χ0n) is 21.8. The first-order chi connectivity index (χ1) is 17.0. The van der Waals surface area contributed by atoms with Gasteiger partial charge in [0.1, 0.15) is 18.1 Å². The van der Waals surface area contributed by atoms with Gasteiger partial charge in [-0.3, -0.25) is 14.4 Å². The first-order valence-electron chi connectivity index (χ1n) is 12.6. The monoisotopic (exact) mass is 509 g/mol. The zero-order chi connectivity index (χ0) is 27.3. The molecule has 12 heteroatoms. The van der Waals surface area contributed by atoms with Crippen molar-refractivity contribution < 1.29 is 24.3 Å². The number of hydrogen-bond acceptors (Lipinski definition) is 7. The van der Waals surface area contributed by atoms with Crippen molar-refractivity contribution in [2.45, 2.75) is 90.4 Å². The molecule has 0 fully saturated rings. The number of carbonyl (C=O) groups excluding carboxylic acids is 3. The molecule has 1 aromatic heterocycles. The van der Waals surface area contributed by atoms with Gasteiger partial charge in [-0.25, -0.2) is 9.78 Å². The largest absolute Gasteiger partial charge is 0.480 e. The third-order valence-electron chi connectivity index (χ3n) is 6.49. The van der Waals surface area contributed by atoms with Crippen molar-refractivity contribution in [2.75, 3.05) is 6.54 Å². The number of nitrogens with two attached hydrogens (primary N) is 2. The Morgan fingerprint density at radius 1 is 0.972 bits per heavy atom. The Labute approximate surface area is 212 Å². The van der Waals surface area contributed by atoms with Gasteiger partial charge in [0.2, 0.25) is 17.7 Å². The lowest BCUT2D eigenvalue weighted by molar-refractivity contribution is -0.144. The summed E-state index contributed by atoms with van der Waals surface area (Å²) < 4.78 is 0. The highest BCUT2D eigenvalue weighted by Crippen LogP contribution is 2.13. The number of carboxylic acids is 1. The van der Waals surface area contributed by atoms with E-state index in [0.717, 1.165) is 6.42 Å². The van der Waals surface area contributed by atoms with Crippen LogP contribution in [-0.2, 0) is 25.6 Å². The van der Waals surface area contributed by atoms with Crippen LogP contribution in [0.25, 0.3) is 0 Å². The molecule has 6 unspecified atom stereocenters. The fraction of sp³-hybridized carbons (Fsp3) is 0.708. The van der Waals surface area contributed by atoms with Crippen molar-refractivity contribution >= 4 is 23.7 Å². The molecule has 0 bridgehead atoms. The lowest BCUT2D eigenvalue weighted by Gasteiger charge is -2.29. The number of carbonyl (C=O) groups is 4. The molecule has 0 aromatic carbocycles. The highest BCUT2D eigenvalue weighted by Gasteiger charge is 2.34. The molecule has 36 heavy (non-hydrogen) atoms. The topological polar surface area (TPSA) is 205 Å². The molecule has 1 rings (SSSR count). The van der Waals surface area contributed by atoms with Crippen LogP contribution in [0.5, 0.6) is 0 Å². The summed E-state index contributed by atoms with van der Waals surface area (Å²) in [6, 6.07) is -3.91. The average molecular weight is 510 g/mol. The van der Waals surface area contributed by atoms with Gasteiger partial charge in [-0.05, 0) is 31.2 Å². The van der Waals surface area contributed by atoms with Crippen molar-refractivity contribution in [2.24, 2.45) is 23.3 Å². The lowest BCUT2D eigenvalue weighted by atomic mass is 9.95. The molecule has 0 saturated heterocycles. The Kier molecular flexibility index (Phi) is 13.7. The number of unbranched alkanes of at least 4 members (excludes halogenated alkanes) is 1. The van der Waals surface area contributed by atoms with Crippen molar-refractivity contribution in [3.8, 4) is 0 Å². The Balaban J connectivity index is 3.05. The van der Waals surface area contributed by atoms with Crippen LogP contribution in [0.2, 0.25) is 0 Å². The maximum atomic E-state index is 13.3. The number of amides is 3. The Hall–Kier alpha value is -2.99. The zero-order valence-corrected chi connectivity index (χ0v) is 21.8. The van der Waals surface area contributed by atoms with Gasteiger partial charge in [-0.15, -0.1) is 0 Å². The summed E-state index contributed by atoms with van der Waals surface area (Å²) in [7, 11) is 0. The molecule has 1 heterocycles. The van der Waals surface area contributed by atoms with Gasteiger partial charge in [0, 0.05) is 18.3 Å². The van der Waals surface area contributed by atoms with E-state index in [0.29, 0.717) is 37.9 Å². The van der Waals surface area contributed by atoms with Gasteiger partial charge >= 0.3 is 5.97 Å². The van der Waals surface area contributed by atoms with Crippen LogP contribution in [0.3, 0.4) is 0 Å². The van der Waals surface area contributed by atoms with Gasteiger partial charge in [0.15, 0.2) is 0 Å². The summed E-state index contributed by atoms with van der Waals surface area (Å²) in [5, 5.41) is 17.6. The molecule has 1 aromatic rings. The van der Waals surface area contributed by atoms with Crippen LogP contribution in [0.1, 0.15) is 65.5 Å². The molecular weight excluding hydrogens is 466 g/mol. The van der Waals surface area contributed by atoms with E-state index in [9.17, 15) is 24.3 Å². The predicted octanol–water partition coefficient (Wildman–Crippen LogP) is 0.0397.